The fraction of sp³-hybridized carbons (Fsp3) is 0.833. The Hall–Kier alpha value is -0.300. The Morgan fingerprint density at radius 1 is 1.38 bits per heavy atom. The maximum atomic E-state index is 3.63. The van der Waals surface area contributed by atoms with E-state index >= 15 is 0 Å². The molecule has 2 unspecified atom stereocenters. The van der Waals surface area contributed by atoms with Crippen LogP contribution in [0.1, 0.15) is 46.0 Å². The number of hydrogen-bond donors (Lipinski definition) is 1. The number of allylic oxidation sites excluding steroid dienone is 1. The van der Waals surface area contributed by atoms with Gasteiger partial charge in [0, 0.05) is 6.04 Å². The first kappa shape index (κ1) is 10.8. The van der Waals surface area contributed by atoms with Gasteiger partial charge in [-0.2, -0.15) is 0 Å². The molecule has 1 aliphatic rings. The number of hydrogen-bond acceptors (Lipinski definition) is 1. The third-order valence-corrected chi connectivity index (χ3v) is 3.10. The molecule has 1 nitrogen and oxygen atoms in total. The largest absolute Gasteiger partial charge is 0.314 e. The third kappa shape index (κ3) is 3.95. The highest BCUT2D eigenvalue weighted by atomic mass is 14.9. The van der Waals surface area contributed by atoms with Crippen LogP contribution in [0.25, 0.3) is 0 Å². The molecule has 0 saturated heterocycles. The lowest BCUT2D eigenvalue weighted by Crippen LogP contribution is -2.27. The molecule has 1 heteroatoms. The van der Waals surface area contributed by atoms with Gasteiger partial charge in [0.25, 0.3) is 0 Å². The highest BCUT2D eigenvalue weighted by Crippen LogP contribution is 2.27. The molecule has 1 rings (SSSR count). The predicted molar refractivity (Wildman–Crippen MR) is 58.9 cm³/mol. The normalized spacial score (nSPS) is 28.8. The fourth-order valence-electron chi connectivity index (χ4n) is 2.17. The summed E-state index contributed by atoms with van der Waals surface area (Å²) in [6.45, 7) is 5.56. The van der Waals surface area contributed by atoms with Crippen LogP contribution in [0.2, 0.25) is 0 Å². The minimum Gasteiger partial charge on any atom is -0.314 e. The molecule has 2 atom stereocenters. The zero-order valence-corrected chi connectivity index (χ0v) is 9.05. The second kappa shape index (κ2) is 6.20. The molecule has 1 fully saturated rings. The van der Waals surface area contributed by atoms with Crippen molar-refractivity contribution in [2.45, 2.75) is 52.0 Å². The van der Waals surface area contributed by atoms with E-state index in [9.17, 15) is 0 Å². The van der Waals surface area contributed by atoms with Crippen molar-refractivity contribution in [3.63, 3.8) is 0 Å². The maximum Gasteiger partial charge on any atom is 0.00699 e. The SMILES string of the molecule is C/C=C/CCNC1CCC(CC)C1. The van der Waals surface area contributed by atoms with Gasteiger partial charge in [-0.15, -0.1) is 0 Å². The average molecular weight is 181 g/mol. The lowest BCUT2D eigenvalue weighted by molar-refractivity contribution is 0.480. The van der Waals surface area contributed by atoms with Gasteiger partial charge in [0.05, 0.1) is 0 Å². The van der Waals surface area contributed by atoms with Crippen LogP contribution in [-0.4, -0.2) is 12.6 Å². The summed E-state index contributed by atoms with van der Waals surface area (Å²) in [5, 5.41) is 3.63. The molecule has 0 aromatic carbocycles. The Morgan fingerprint density at radius 2 is 2.23 bits per heavy atom. The van der Waals surface area contributed by atoms with Crippen LogP contribution in [0, 0.1) is 5.92 Å². The monoisotopic (exact) mass is 181 g/mol. The van der Waals surface area contributed by atoms with Crippen LogP contribution in [-0.2, 0) is 0 Å². The second-order valence-corrected chi connectivity index (χ2v) is 4.10. The Kier molecular flexibility index (Phi) is 5.14. The van der Waals surface area contributed by atoms with Crippen molar-refractivity contribution < 1.29 is 0 Å². The smallest absolute Gasteiger partial charge is 0.00699 e. The van der Waals surface area contributed by atoms with E-state index in [1.807, 2.05) is 0 Å². The first-order chi connectivity index (χ1) is 6.36. The van der Waals surface area contributed by atoms with Gasteiger partial charge < -0.3 is 5.32 Å². The molecule has 76 valence electrons. The summed E-state index contributed by atoms with van der Waals surface area (Å²) in [6, 6.07) is 0.815. The first-order valence-corrected chi connectivity index (χ1v) is 5.71. The van der Waals surface area contributed by atoms with E-state index in [2.05, 4.69) is 31.3 Å². The number of nitrogens with one attached hydrogen (secondary N) is 1. The van der Waals surface area contributed by atoms with Crippen LogP contribution in [0.5, 0.6) is 0 Å². The van der Waals surface area contributed by atoms with Crippen molar-refractivity contribution in [3.8, 4) is 0 Å². The Morgan fingerprint density at radius 3 is 2.85 bits per heavy atom. The molecule has 0 radical (unpaired) electrons. The van der Waals surface area contributed by atoms with E-state index in [1.54, 1.807) is 0 Å². The quantitative estimate of drug-likeness (QED) is 0.507. The van der Waals surface area contributed by atoms with E-state index in [-0.39, 0.29) is 0 Å². The summed E-state index contributed by atoms with van der Waals surface area (Å²) in [6.07, 6.45) is 11.2. The Labute approximate surface area is 82.6 Å². The summed E-state index contributed by atoms with van der Waals surface area (Å²) in [5.74, 6) is 0.999. The van der Waals surface area contributed by atoms with E-state index in [0.29, 0.717) is 0 Å². The minimum atomic E-state index is 0.815. The zero-order valence-electron chi connectivity index (χ0n) is 9.05. The molecular weight excluding hydrogens is 158 g/mol. The molecule has 0 amide bonds. The van der Waals surface area contributed by atoms with Crippen molar-refractivity contribution in [2.24, 2.45) is 5.92 Å². The van der Waals surface area contributed by atoms with E-state index < -0.39 is 0 Å². The van der Waals surface area contributed by atoms with Gasteiger partial charge in [-0.25, -0.2) is 0 Å². The Bertz CT molecular complexity index is 151. The third-order valence-electron chi connectivity index (χ3n) is 3.10. The maximum absolute atomic E-state index is 3.63. The molecule has 0 aromatic heterocycles. The summed E-state index contributed by atoms with van der Waals surface area (Å²) in [7, 11) is 0. The first-order valence-electron chi connectivity index (χ1n) is 5.71. The fourth-order valence-corrected chi connectivity index (χ4v) is 2.17. The summed E-state index contributed by atoms with van der Waals surface area (Å²) < 4.78 is 0. The van der Waals surface area contributed by atoms with Crippen molar-refractivity contribution >= 4 is 0 Å². The zero-order chi connectivity index (χ0) is 9.52. The highest BCUT2D eigenvalue weighted by Gasteiger charge is 2.21. The molecular formula is C12H23N. The van der Waals surface area contributed by atoms with Gasteiger partial charge in [0.15, 0.2) is 0 Å². The summed E-state index contributed by atoms with van der Waals surface area (Å²) >= 11 is 0. The van der Waals surface area contributed by atoms with Crippen LogP contribution < -0.4 is 5.32 Å². The molecule has 0 heterocycles. The molecule has 0 aromatic rings. The topological polar surface area (TPSA) is 12.0 Å². The lowest BCUT2D eigenvalue weighted by Gasteiger charge is -2.11. The van der Waals surface area contributed by atoms with Gasteiger partial charge >= 0.3 is 0 Å². The molecule has 1 aliphatic carbocycles. The van der Waals surface area contributed by atoms with Gasteiger partial charge in [-0.1, -0.05) is 25.5 Å². The second-order valence-electron chi connectivity index (χ2n) is 4.10. The van der Waals surface area contributed by atoms with Crippen molar-refractivity contribution in [2.75, 3.05) is 6.54 Å². The summed E-state index contributed by atoms with van der Waals surface area (Å²) in [5.41, 5.74) is 0. The average Bonchev–Trinajstić information content (AvgIpc) is 2.60. The molecule has 0 bridgehead atoms. The standard InChI is InChI=1S/C12H23N/c1-3-5-6-9-13-12-8-7-11(4-2)10-12/h3,5,11-13H,4,6-10H2,1-2H3/b5-3+. The number of rotatable bonds is 5. The van der Waals surface area contributed by atoms with Crippen molar-refractivity contribution in [1.29, 1.82) is 0 Å². The van der Waals surface area contributed by atoms with Gasteiger partial charge in [0.2, 0.25) is 0 Å². The van der Waals surface area contributed by atoms with Crippen LogP contribution in [0.3, 0.4) is 0 Å². The Balaban J connectivity index is 2.03. The summed E-state index contributed by atoms with van der Waals surface area (Å²) in [4.78, 5) is 0. The van der Waals surface area contributed by atoms with E-state index in [0.717, 1.165) is 18.5 Å². The molecule has 0 aliphatic heterocycles. The predicted octanol–water partition coefficient (Wildman–Crippen LogP) is 3.12. The minimum absolute atomic E-state index is 0.815. The van der Waals surface area contributed by atoms with Crippen LogP contribution in [0.4, 0.5) is 0 Å². The van der Waals surface area contributed by atoms with Crippen molar-refractivity contribution in [1.82, 2.24) is 5.32 Å². The van der Waals surface area contributed by atoms with Crippen molar-refractivity contribution in [3.05, 3.63) is 12.2 Å². The van der Waals surface area contributed by atoms with Crippen LogP contribution >= 0.6 is 0 Å². The molecule has 1 N–H and O–H groups in total. The molecule has 0 spiro atoms. The molecule has 13 heavy (non-hydrogen) atoms. The molecule has 1 saturated carbocycles. The van der Waals surface area contributed by atoms with Gasteiger partial charge in [-0.3, -0.25) is 0 Å². The highest BCUT2D eigenvalue weighted by molar-refractivity contribution is 4.82. The van der Waals surface area contributed by atoms with Crippen LogP contribution in [0.15, 0.2) is 12.2 Å². The van der Waals surface area contributed by atoms with E-state index in [1.165, 1.54) is 32.1 Å². The van der Waals surface area contributed by atoms with Gasteiger partial charge in [-0.05, 0) is 45.1 Å². The van der Waals surface area contributed by atoms with E-state index in [4.69, 9.17) is 0 Å². The van der Waals surface area contributed by atoms with Gasteiger partial charge in [0.1, 0.15) is 0 Å². The lowest BCUT2D eigenvalue weighted by atomic mass is 10.1.